The molecule has 0 aliphatic heterocycles. The molecule has 0 aliphatic carbocycles. The van der Waals surface area contributed by atoms with Crippen molar-refractivity contribution in [3.05, 3.63) is 54.7 Å². The number of unbranched alkanes of at least 4 members (excludes halogenated alkanes) is 1. The summed E-state index contributed by atoms with van der Waals surface area (Å²) in [6.07, 6.45) is 3.43. The van der Waals surface area contributed by atoms with Crippen molar-refractivity contribution in [2.24, 2.45) is 0 Å². The van der Waals surface area contributed by atoms with Gasteiger partial charge in [-0.25, -0.2) is 18.1 Å². The van der Waals surface area contributed by atoms with Crippen LogP contribution in [0.25, 0.3) is 22.8 Å². The highest BCUT2D eigenvalue weighted by atomic mass is 32.2. The first kappa shape index (κ1) is 20.1. The summed E-state index contributed by atoms with van der Waals surface area (Å²) in [6, 6.07) is 14.6. The molecule has 1 N–H and O–H groups in total. The lowest BCUT2D eigenvalue weighted by atomic mass is 10.1. The van der Waals surface area contributed by atoms with Gasteiger partial charge in [-0.3, -0.25) is 0 Å². The van der Waals surface area contributed by atoms with E-state index in [2.05, 4.69) is 9.71 Å². The van der Waals surface area contributed by atoms with Gasteiger partial charge in [-0.15, -0.1) is 0 Å². The Morgan fingerprint density at radius 1 is 1.00 bits per heavy atom. The summed E-state index contributed by atoms with van der Waals surface area (Å²) in [4.78, 5) is 6.60. The van der Waals surface area contributed by atoms with Crippen LogP contribution in [0.5, 0.6) is 0 Å². The maximum absolute atomic E-state index is 12.3. The van der Waals surface area contributed by atoms with Gasteiger partial charge in [-0.1, -0.05) is 13.3 Å². The number of nitrogens with one attached hydrogen (secondary N) is 1. The van der Waals surface area contributed by atoms with Crippen molar-refractivity contribution < 1.29 is 12.8 Å². The van der Waals surface area contributed by atoms with Crippen molar-refractivity contribution >= 4 is 15.7 Å². The van der Waals surface area contributed by atoms with Crippen molar-refractivity contribution in [3.8, 4) is 22.8 Å². The number of nitrogens with zero attached hydrogens (tertiary/aromatic N) is 2. The number of hydrogen-bond donors (Lipinski definition) is 1. The number of oxazole rings is 1. The van der Waals surface area contributed by atoms with Gasteiger partial charge in [0.1, 0.15) is 0 Å². The van der Waals surface area contributed by atoms with Crippen molar-refractivity contribution in [1.82, 2.24) is 9.71 Å². The van der Waals surface area contributed by atoms with Crippen LogP contribution >= 0.6 is 0 Å². The van der Waals surface area contributed by atoms with E-state index >= 15 is 0 Å². The number of hydrogen-bond acceptors (Lipinski definition) is 5. The molecule has 148 valence electrons. The minimum absolute atomic E-state index is 0.235. The van der Waals surface area contributed by atoms with Gasteiger partial charge in [-0.2, -0.15) is 0 Å². The molecule has 3 aromatic rings. The van der Waals surface area contributed by atoms with E-state index in [1.54, 1.807) is 30.5 Å². The third kappa shape index (κ3) is 4.61. The van der Waals surface area contributed by atoms with Crippen LogP contribution in [0, 0.1) is 0 Å². The summed E-state index contributed by atoms with van der Waals surface area (Å²) >= 11 is 0. The SMILES string of the molecule is CCCCNS(=O)(=O)c1ccc(-c2ncc(-c3ccc(N(C)C)cc3)o2)cc1. The molecule has 0 saturated heterocycles. The maximum atomic E-state index is 12.3. The highest BCUT2D eigenvalue weighted by molar-refractivity contribution is 7.89. The van der Waals surface area contributed by atoms with E-state index in [1.807, 2.05) is 50.2 Å². The van der Waals surface area contributed by atoms with Gasteiger partial charge in [0.25, 0.3) is 0 Å². The van der Waals surface area contributed by atoms with E-state index < -0.39 is 10.0 Å². The number of sulfonamides is 1. The first-order valence-electron chi connectivity index (χ1n) is 9.24. The Morgan fingerprint density at radius 2 is 1.64 bits per heavy atom. The molecule has 7 heteroatoms. The number of anilines is 1. The summed E-state index contributed by atoms with van der Waals surface area (Å²) in [6.45, 7) is 2.46. The molecule has 3 rings (SSSR count). The molecule has 2 aromatic carbocycles. The Hall–Kier alpha value is -2.64. The topological polar surface area (TPSA) is 75.4 Å². The van der Waals surface area contributed by atoms with Crippen LogP contribution in [-0.2, 0) is 10.0 Å². The van der Waals surface area contributed by atoms with E-state index in [0.717, 1.165) is 29.7 Å². The van der Waals surface area contributed by atoms with Crippen LogP contribution in [-0.4, -0.2) is 34.0 Å². The zero-order chi connectivity index (χ0) is 20.1. The lowest BCUT2D eigenvalue weighted by Gasteiger charge is -2.11. The Kier molecular flexibility index (Phi) is 6.16. The summed E-state index contributed by atoms with van der Waals surface area (Å²) in [5.41, 5.74) is 2.76. The van der Waals surface area contributed by atoms with E-state index in [-0.39, 0.29) is 4.90 Å². The molecular weight excluding hydrogens is 374 g/mol. The first-order valence-corrected chi connectivity index (χ1v) is 10.7. The third-order valence-corrected chi connectivity index (χ3v) is 5.88. The van der Waals surface area contributed by atoms with Gasteiger partial charge in [0.15, 0.2) is 5.76 Å². The van der Waals surface area contributed by atoms with Crippen LogP contribution in [0.3, 0.4) is 0 Å². The molecule has 0 unspecified atom stereocenters. The van der Waals surface area contributed by atoms with Gasteiger partial charge in [0.2, 0.25) is 15.9 Å². The second-order valence-electron chi connectivity index (χ2n) is 6.75. The van der Waals surface area contributed by atoms with Gasteiger partial charge >= 0.3 is 0 Å². The molecule has 6 nitrogen and oxygen atoms in total. The number of aromatic nitrogens is 1. The van der Waals surface area contributed by atoms with Crippen LogP contribution in [0.15, 0.2) is 64.0 Å². The molecule has 28 heavy (non-hydrogen) atoms. The largest absolute Gasteiger partial charge is 0.436 e. The van der Waals surface area contributed by atoms with Crippen molar-refractivity contribution in [3.63, 3.8) is 0 Å². The smallest absolute Gasteiger partial charge is 0.240 e. The molecule has 0 amide bonds. The minimum atomic E-state index is -3.49. The molecule has 0 saturated carbocycles. The van der Waals surface area contributed by atoms with E-state index in [1.165, 1.54) is 0 Å². The normalized spacial score (nSPS) is 11.5. The molecule has 0 bridgehead atoms. The Morgan fingerprint density at radius 3 is 2.25 bits per heavy atom. The third-order valence-electron chi connectivity index (χ3n) is 4.41. The lowest BCUT2D eigenvalue weighted by molar-refractivity contribution is 0.578. The van der Waals surface area contributed by atoms with Gasteiger partial charge in [-0.05, 0) is 55.0 Å². The highest BCUT2D eigenvalue weighted by Crippen LogP contribution is 2.28. The Labute approximate surface area is 166 Å². The molecule has 0 spiro atoms. The molecular formula is C21H25N3O3S. The number of rotatable bonds is 8. The predicted molar refractivity (Wildman–Crippen MR) is 112 cm³/mol. The highest BCUT2D eigenvalue weighted by Gasteiger charge is 2.14. The number of benzene rings is 2. The molecule has 0 fully saturated rings. The molecule has 0 aliphatic rings. The molecule has 1 heterocycles. The van der Waals surface area contributed by atoms with E-state index in [0.29, 0.717) is 18.2 Å². The molecule has 0 atom stereocenters. The second-order valence-corrected chi connectivity index (χ2v) is 8.51. The fourth-order valence-corrected chi connectivity index (χ4v) is 3.78. The monoisotopic (exact) mass is 399 g/mol. The second kappa shape index (κ2) is 8.58. The standard InChI is InChI=1S/C21H25N3O3S/c1-4-5-14-23-28(25,26)19-12-8-17(9-13-19)21-22-15-20(27-21)16-6-10-18(11-7-16)24(2)3/h6-13,15,23H,4-5,14H2,1-3H3. The predicted octanol–water partition coefficient (Wildman–Crippen LogP) is 4.15. The fraction of sp³-hybridized carbons (Fsp3) is 0.286. The van der Waals surface area contributed by atoms with Crippen molar-refractivity contribution in [2.45, 2.75) is 24.7 Å². The molecule has 1 aromatic heterocycles. The average Bonchev–Trinajstić information content (AvgIpc) is 3.18. The van der Waals surface area contributed by atoms with Crippen molar-refractivity contribution in [1.29, 1.82) is 0 Å². The van der Waals surface area contributed by atoms with Crippen LogP contribution < -0.4 is 9.62 Å². The zero-order valence-electron chi connectivity index (χ0n) is 16.3. The van der Waals surface area contributed by atoms with Gasteiger partial charge < -0.3 is 9.32 Å². The first-order chi connectivity index (χ1) is 13.4. The Bertz CT molecular complexity index is 1010. The quantitative estimate of drug-likeness (QED) is 0.576. The average molecular weight is 400 g/mol. The molecule has 0 radical (unpaired) electrons. The Balaban J connectivity index is 1.76. The summed E-state index contributed by atoms with van der Waals surface area (Å²) < 4.78 is 33.0. The van der Waals surface area contributed by atoms with Gasteiger partial charge in [0.05, 0.1) is 11.1 Å². The van der Waals surface area contributed by atoms with Crippen LogP contribution in [0.1, 0.15) is 19.8 Å². The lowest BCUT2D eigenvalue weighted by Crippen LogP contribution is -2.24. The van der Waals surface area contributed by atoms with Crippen LogP contribution in [0.2, 0.25) is 0 Å². The summed E-state index contributed by atoms with van der Waals surface area (Å²) in [5.74, 6) is 1.12. The van der Waals surface area contributed by atoms with E-state index in [4.69, 9.17) is 4.42 Å². The van der Waals surface area contributed by atoms with E-state index in [9.17, 15) is 8.42 Å². The van der Waals surface area contributed by atoms with Gasteiger partial charge in [0, 0.05) is 37.5 Å². The zero-order valence-corrected chi connectivity index (χ0v) is 17.2. The maximum Gasteiger partial charge on any atom is 0.240 e. The summed E-state index contributed by atoms with van der Waals surface area (Å²) in [5, 5.41) is 0. The summed E-state index contributed by atoms with van der Waals surface area (Å²) in [7, 11) is 0.496. The minimum Gasteiger partial charge on any atom is -0.436 e. The fourth-order valence-electron chi connectivity index (χ4n) is 2.71. The van der Waals surface area contributed by atoms with Crippen LogP contribution in [0.4, 0.5) is 5.69 Å². The van der Waals surface area contributed by atoms with Crippen molar-refractivity contribution in [2.75, 3.05) is 25.5 Å².